The van der Waals surface area contributed by atoms with E-state index in [4.69, 9.17) is 9.47 Å². The van der Waals surface area contributed by atoms with E-state index in [-0.39, 0.29) is 18.7 Å². The summed E-state index contributed by atoms with van der Waals surface area (Å²) >= 11 is 0. The molecule has 2 amide bonds. The third kappa shape index (κ3) is 6.43. The Hall–Kier alpha value is -3.52. The Morgan fingerprint density at radius 2 is 1.76 bits per heavy atom. The van der Waals surface area contributed by atoms with Crippen molar-refractivity contribution in [3.05, 3.63) is 70.4 Å². The summed E-state index contributed by atoms with van der Waals surface area (Å²) in [5.41, 5.74) is 5.62. The molecule has 0 saturated carbocycles. The van der Waals surface area contributed by atoms with E-state index >= 15 is 0 Å². The fraction of sp³-hybridized carbons (Fsp3) is 0.448. The SMILES string of the molecule is CCOC(=O)C1=C(CN2CCN(c3cc(C)ccc3C)CC2)NC(=O)NC1c1ccc(OC(C)C)cc1. The molecule has 0 aliphatic carbocycles. The van der Waals surface area contributed by atoms with Gasteiger partial charge in [-0.2, -0.15) is 0 Å². The van der Waals surface area contributed by atoms with Gasteiger partial charge in [-0.15, -0.1) is 0 Å². The number of amides is 2. The fourth-order valence-corrected chi connectivity index (χ4v) is 4.88. The lowest BCUT2D eigenvalue weighted by molar-refractivity contribution is -0.139. The average molecular weight is 507 g/mol. The van der Waals surface area contributed by atoms with Gasteiger partial charge in [-0.25, -0.2) is 9.59 Å². The molecule has 0 aromatic heterocycles. The van der Waals surface area contributed by atoms with Crippen molar-refractivity contribution in [1.29, 1.82) is 0 Å². The highest BCUT2D eigenvalue weighted by molar-refractivity contribution is 5.95. The largest absolute Gasteiger partial charge is 0.491 e. The highest BCUT2D eigenvalue weighted by atomic mass is 16.5. The van der Waals surface area contributed by atoms with Crippen molar-refractivity contribution in [1.82, 2.24) is 15.5 Å². The summed E-state index contributed by atoms with van der Waals surface area (Å²) in [4.78, 5) is 30.5. The second-order valence-corrected chi connectivity index (χ2v) is 9.93. The molecule has 37 heavy (non-hydrogen) atoms. The Morgan fingerprint density at radius 3 is 2.41 bits per heavy atom. The van der Waals surface area contributed by atoms with Crippen LogP contribution in [0.3, 0.4) is 0 Å². The Balaban J connectivity index is 1.55. The molecule has 0 radical (unpaired) electrons. The summed E-state index contributed by atoms with van der Waals surface area (Å²) < 4.78 is 11.2. The number of hydrogen-bond acceptors (Lipinski definition) is 6. The number of anilines is 1. The van der Waals surface area contributed by atoms with Crippen LogP contribution >= 0.6 is 0 Å². The maximum atomic E-state index is 13.1. The molecule has 2 aromatic rings. The van der Waals surface area contributed by atoms with E-state index in [1.54, 1.807) is 6.92 Å². The maximum absolute atomic E-state index is 13.1. The number of rotatable bonds is 8. The first kappa shape index (κ1) is 26.5. The predicted octanol–water partition coefficient (Wildman–Crippen LogP) is 4.08. The van der Waals surface area contributed by atoms with Crippen molar-refractivity contribution < 1.29 is 19.1 Å². The number of hydrogen-bond donors (Lipinski definition) is 2. The number of nitrogens with one attached hydrogen (secondary N) is 2. The molecule has 1 fully saturated rings. The van der Waals surface area contributed by atoms with Gasteiger partial charge in [0.25, 0.3) is 0 Å². The van der Waals surface area contributed by atoms with E-state index in [0.29, 0.717) is 17.8 Å². The zero-order chi connectivity index (χ0) is 26.5. The molecule has 0 spiro atoms. The summed E-state index contributed by atoms with van der Waals surface area (Å²) in [6.45, 7) is 14.1. The minimum Gasteiger partial charge on any atom is -0.491 e. The zero-order valence-corrected chi connectivity index (χ0v) is 22.5. The van der Waals surface area contributed by atoms with Crippen LogP contribution < -0.4 is 20.3 Å². The van der Waals surface area contributed by atoms with Crippen LogP contribution in [0.2, 0.25) is 0 Å². The average Bonchev–Trinajstić information content (AvgIpc) is 2.86. The molecule has 8 nitrogen and oxygen atoms in total. The van der Waals surface area contributed by atoms with Crippen LogP contribution in [-0.2, 0) is 9.53 Å². The number of esters is 1. The minimum atomic E-state index is -0.605. The Bertz CT molecular complexity index is 1150. The molecule has 1 saturated heterocycles. The Morgan fingerprint density at radius 1 is 1.05 bits per heavy atom. The van der Waals surface area contributed by atoms with Crippen molar-refractivity contribution in [3.63, 3.8) is 0 Å². The maximum Gasteiger partial charge on any atom is 0.338 e. The molecule has 2 N–H and O–H groups in total. The second kappa shape index (κ2) is 11.7. The van der Waals surface area contributed by atoms with Crippen molar-refractivity contribution in [2.45, 2.75) is 46.8 Å². The van der Waals surface area contributed by atoms with Crippen LogP contribution in [0.25, 0.3) is 0 Å². The van der Waals surface area contributed by atoms with Gasteiger partial charge in [0.15, 0.2) is 0 Å². The van der Waals surface area contributed by atoms with E-state index in [0.717, 1.165) is 37.5 Å². The van der Waals surface area contributed by atoms with Crippen LogP contribution in [0.1, 0.15) is 43.5 Å². The zero-order valence-electron chi connectivity index (χ0n) is 22.5. The van der Waals surface area contributed by atoms with E-state index < -0.39 is 12.0 Å². The number of urea groups is 1. The van der Waals surface area contributed by atoms with E-state index in [1.807, 2.05) is 38.1 Å². The molecule has 0 bridgehead atoms. The number of nitrogens with zero attached hydrogens (tertiary/aromatic N) is 2. The van der Waals surface area contributed by atoms with E-state index in [2.05, 4.69) is 52.5 Å². The van der Waals surface area contributed by atoms with Gasteiger partial charge in [-0.05, 0) is 69.5 Å². The molecule has 1 atom stereocenters. The summed E-state index contributed by atoms with van der Waals surface area (Å²) in [6.07, 6.45) is 0.0568. The number of aryl methyl sites for hydroxylation is 2. The van der Waals surface area contributed by atoms with Crippen LogP contribution in [0.5, 0.6) is 5.75 Å². The summed E-state index contributed by atoms with van der Waals surface area (Å²) in [5.74, 6) is 0.314. The first-order chi connectivity index (χ1) is 17.7. The van der Waals surface area contributed by atoms with Crippen molar-refractivity contribution in [2.24, 2.45) is 0 Å². The number of ether oxygens (including phenoxy) is 2. The molecule has 1 unspecified atom stereocenters. The molecule has 2 heterocycles. The molecule has 4 rings (SSSR count). The van der Waals surface area contributed by atoms with Crippen LogP contribution in [0.4, 0.5) is 10.5 Å². The van der Waals surface area contributed by atoms with Crippen molar-refractivity contribution in [2.75, 3.05) is 44.2 Å². The predicted molar refractivity (Wildman–Crippen MR) is 145 cm³/mol. The number of carbonyl (C=O) groups is 2. The smallest absolute Gasteiger partial charge is 0.338 e. The topological polar surface area (TPSA) is 83.1 Å². The number of carbonyl (C=O) groups excluding carboxylic acids is 2. The lowest BCUT2D eigenvalue weighted by Crippen LogP contribution is -2.52. The van der Waals surface area contributed by atoms with Gasteiger partial charge in [0, 0.05) is 44.1 Å². The van der Waals surface area contributed by atoms with Crippen LogP contribution in [0, 0.1) is 13.8 Å². The fourth-order valence-electron chi connectivity index (χ4n) is 4.88. The molecular weight excluding hydrogens is 468 g/mol. The van der Waals surface area contributed by atoms with E-state index in [1.165, 1.54) is 16.8 Å². The molecule has 2 aliphatic heterocycles. The molecule has 8 heteroatoms. The van der Waals surface area contributed by atoms with Gasteiger partial charge < -0.3 is 25.0 Å². The standard InChI is InChI=1S/C29H38N4O4/c1-6-36-28(34)26-24(18-32-13-15-33(16-14-32)25-17-20(4)7-8-21(25)5)30-29(35)31-27(26)22-9-11-23(12-10-22)37-19(2)3/h7-12,17,19,27H,6,13-16,18H2,1-5H3,(H2,30,31,35). The molecule has 198 valence electrons. The van der Waals surface area contributed by atoms with Gasteiger partial charge in [0.05, 0.1) is 24.3 Å². The van der Waals surface area contributed by atoms with Gasteiger partial charge in [0.2, 0.25) is 0 Å². The lowest BCUT2D eigenvalue weighted by Gasteiger charge is -2.38. The number of piperazine rings is 1. The third-order valence-electron chi connectivity index (χ3n) is 6.69. The molecular formula is C29H38N4O4. The van der Waals surface area contributed by atoms with Gasteiger partial charge >= 0.3 is 12.0 Å². The summed E-state index contributed by atoms with van der Waals surface area (Å²) in [7, 11) is 0. The second-order valence-electron chi connectivity index (χ2n) is 9.93. The third-order valence-corrected chi connectivity index (χ3v) is 6.69. The first-order valence-corrected chi connectivity index (χ1v) is 13.0. The van der Waals surface area contributed by atoms with Crippen LogP contribution in [-0.4, -0.2) is 62.3 Å². The highest BCUT2D eigenvalue weighted by Gasteiger charge is 2.34. The van der Waals surface area contributed by atoms with Crippen molar-refractivity contribution in [3.8, 4) is 5.75 Å². The normalized spacial score (nSPS) is 18.5. The first-order valence-electron chi connectivity index (χ1n) is 13.0. The Kier molecular flexibility index (Phi) is 8.38. The monoisotopic (exact) mass is 506 g/mol. The molecule has 2 aliphatic rings. The number of benzene rings is 2. The van der Waals surface area contributed by atoms with Gasteiger partial charge in [-0.3, -0.25) is 4.90 Å². The van der Waals surface area contributed by atoms with Gasteiger partial charge in [0.1, 0.15) is 5.75 Å². The summed E-state index contributed by atoms with van der Waals surface area (Å²) in [5, 5.41) is 5.81. The Labute approximate surface area is 219 Å². The van der Waals surface area contributed by atoms with Gasteiger partial charge in [-0.1, -0.05) is 24.3 Å². The summed E-state index contributed by atoms with van der Waals surface area (Å²) in [6, 6.07) is 13.1. The van der Waals surface area contributed by atoms with Crippen LogP contribution in [0.15, 0.2) is 53.7 Å². The quantitative estimate of drug-likeness (QED) is 0.525. The van der Waals surface area contributed by atoms with E-state index in [9.17, 15) is 9.59 Å². The lowest BCUT2D eigenvalue weighted by atomic mass is 9.94. The molecule has 2 aromatic carbocycles. The highest BCUT2D eigenvalue weighted by Crippen LogP contribution is 2.30. The minimum absolute atomic E-state index is 0.0568. The van der Waals surface area contributed by atoms with Crippen molar-refractivity contribution >= 4 is 17.7 Å².